The lowest BCUT2D eigenvalue weighted by Gasteiger charge is -2.11. The highest BCUT2D eigenvalue weighted by molar-refractivity contribution is 6.34. The lowest BCUT2D eigenvalue weighted by atomic mass is 10.0. The molecule has 0 aliphatic carbocycles. The molecule has 1 aliphatic rings. The van der Waals surface area contributed by atoms with Crippen molar-refractivity contribution in [1.29, 1.82) is 0 Å². The van der Waals surface area contributed by atoms with E-state index in [4.69, 9.17) is 0 Å². The van der Waals surface area contributed by atoms with E-state index in [1.165, 1.54) is 12.1 Å². The van der Waals surface area contributed by atoms with E-state index in [2.05, 4.69) is 5.32 Å². The van der Waals surface area contributed by atoms with Crippen LogP contribution in [0.1, 0.15) is 11.1 Å². The first kappa shape index (κ1) is 13.4. The number of rotatable bonds is 2. The molecule has 0 atom stereocenters. The number of carbonyl (C=O) groups excluding carboxylic acids is 1. The Hall–Kier alpha value is -2.62. The Kier molecular flexibility index (Phi) is 3.22. The number of hydrogen-bond acceptors (Lipinski definition) is 2. The summed E-state index contributed by atoms with van der Waals surface area (Å²) in [7, 11) is 3.95. The molecular weight excluding hydrogens is 267 g/mol. The second kappa shape index (κ2) is 5.05. The predicted molar refractivity (Wildman–Crippen MR) is 83.7 cm³/mol. The fourth-order valence-corrected chi connectivity index (χ4v) is 2.35. The molecule has 0 fully saturated rings. The van der Waals surface area contributed by atoms with Gasteiger partial charge in [0.1, 0.15) is 5.82 Å². The fourth-order valence-electron chi connectivity index (χ4n) is 2.35. The molecule has 1 amide bonds. The van der Waals surface area contributed by atoms with Gasteiger partial charge in [0.05, 0.1) is 5.69 Å². The van der Waals surface area contributed by atoms with Crippen LogP contribution in [0, 0.1) is 5.82 Å². The molecule has 0 radical (unpaired) electrons. The Balaban J connectivity index is 1.98. The van der Waals surface area contributed by atoms with Gasteiger partial charge in [0.15, 0.2) is 0 Å². The number of anilines is 2. The van der Waals surface area contributed by atoms with Crippen LogP contribution in [-0.2, 0) is 4.79 Å². The van der Waals surface area contributed by atoms with Crippen LogP contribution in [0.3, 0.4) is 0 Å². The van der Waals surface area contributed by atoms with Gasteiger partial charge in [-0.05, 0) is 42.0 Å². The number of amides is 1. The summed E-state index contributed by atoms with van der Waals surface area (Å²) in [5.74, 6) is -0.557. The number of fused-ring (bicyclic) bond motifs is 1. The third-order valence-electron chi connectivity index (χ3n) is 3.49. The predicted octanol–water partition coefficient (Wildman–Crippen LogP) is 3.38. The van der Waals surface area contributed by atoms with Gasteiger partial charge >= 0.3 is 0 Å². The third kappa shape index (κ3) is 2.52. The molecule has 3 rings (SSSR count). The molecule has 1 heterocycles. The van der Waals surface area contributed by atoms with Crippen molar-refractivity contribution in [1.82, 2.24) is 0 Å². The van der Waals surface area contributed by atoms with Crippen molar-refractivity contribution in [3.8, 4) is 0 Å². The summed E-state index contributed by atoms with van der Waals surface area (Å²) in [5.41, 5.74) is 3.84. The van der Waals surface area contributed by atoms with E-state index in [0.717, 1.165) is 16.8 Å². The maximum absolute atomic E-state index is 13.2. The summed E-state index contributed by atoms with van der Waals surface area (Å²) in [5, 5.41) is 2.68. The highest BCUT2D eigenvalue weighted by Gasteiger charge is 2.24. The van der Waals surface area contributed by atoms with Gasteiger partial charge in [0.25, 0.3) is 5.91 Å². The van der Waals surface area contributed by atoms with Gasteiger partial charge in [-0.25, -0.2) is 4.39 Å². The summed E-state index contributed by atoms with van der Waals surface area (Å²) in [6, 6.07) is 12.2. The molecule has 0 saturated heterocycles. The maximum Gasteiger partial charge on any atom is 0.256 e. The van der Waals surface area contributed by atoms with Crippen molar-refractivity contribution in [3.63, 3.8) is 0 Å². The van der Waals surface area contributed by atoms with E-state index < -0.39 is 0 Å². The molecule has 1 N–H and O–H groups in total. The SMILES string of the molecule is CN(C)c1ccc(/C=C2/C(=O)Nc3cc(F)ccc32)cc1. The minimum Gasteiger partial charge on any atom is -0.378 e. The first-order valence-corrected chi connectivity index (χ1v) is 6.65. The zero-order valence-electron chi connectivity index (χ0n) is 11.9. The number of carbonyl (C=O) groups is 1. The highest BCUT2D eigenvalue weighted by Crippen LogP contribution is 2.33. The number of nitrogens with one attached hydrogen (secondary N) is 1. The fraction of sp³-hybridized carbons (Fsp3) is 0.118. The van der Waals surface area contributed by atoms with Crippen LogP contribution in [0.25, 0.3) is 11.6 Å². The molecule has 2 aromatic carbocycles. The van der Waals surface area contributed by atoms with Crippen LogP contribution in [0.2, 0.25) is 0 Å². The van der Waals surface area contributed by atoms with E-state index in [-0.39, 0.29) is 11.7 Å². The molecular formula is C17H15FN2O. The van der Waals surface area contributed by atoms with Crippen LogP contribution in [0.5, 0.6) is 0 Å². The monoisotopic (exact) mass is 282 g/mol. The molecule has 0 bridgehead atoms. The van der Waals surface area contributed by atoms with Crippen molar-refractivity contribution in [2.75, 3.05) is 24.3 Å². The number of benzene rings is 2. The minimum atomic E-state index is -0.356. The second-order valence-corrected chi connectivity index (χ2v) is 5.19. The lowest BCUT2D eigenvalue weighted by Crippen LogP contribution is -2.08. The van der Waals surface area contributed by atoms with E-state index in [1.54, 1.807) is 6.07 Å². The minimum absolute atomic E-state index is 0.202. The molecule has 0 spiro atoms. The van der Waals surface area contributed by atoms with Gasteiger partial charge in [0.2, 0.25) is 0 Å². The highest BCUT2D eigenvalue weighted by atomic mass is 19.1. The zero-order valence-corrected chi connectivity index (χ0v) is 11.9. The molecule has 2 aromatic rings. The van der Waals surface area contributed by atoms with E-state index in [1.807, 2.05) is 49.3 Å². The Morgan fingerprint density at radius 2 is 1.81 bits per heavy atom. The molecule has 0 saturated carbocycles. The maximum atomic E-state index is 13.2. The normalized spacial score (nSPS) is 15.0. The second-order valence-electron chi connectivity index (χ2n) is 5.19. The molecule has 21 heavy (non-hydrogen) atoms. The lowest BCUT2D eigenvalue weighted by molar-refractivity contribution is -0.110. The van der Waals surface area contributed by atoms with E-state index >= 15 is 0 Å². The van der Waals surface area contributed by atoms with Crippen molar-refractivity contribution in [2.45, 2.75) is 0 Å². The number of nitrogens with zero attached hydrogens (tertiary/aromatic N) is 1. The van der Waals surface area contributed by atoms with Crippen LogP contribution < -0.4 is 10.2 Å². The standard InChI is InChI=1S/C17H15FN2O/c1-20(2)13-6-3-11(4-7-13)9-15-14-8-5-12(18)10-16(14)19-17(15)21/h3-10H,1-2H3,(H,19,21)/b15-9+. The Labute approximate surface area is 122 Å². The summed E-state index contributed by atoms with van der Waals surface area (Å²) in [6.07, 6.45) is 1.82. The topological polar surface area (TPSA) is 32.3 Å². The Morgan fingerprint density at radius 3 is 2.48 bits per heavy atom. The summed E-state index contributed by atoms with van der Waals surface area (Å²) < 4.78 is 13.2. The van der Waals surface area contributed by atoms with Gasteiger partial charge in [-0.15, -0.1) is 0 Å². The van der Waals surface area contributed by atoms with Gasteiger partial charge in [-0.1, -0.05) is 12.1 Å². The van der Waals surface area contributed by atoms with Crippen molar-refractivity contribution < 1.29 is 9.18 Å². The van der Waals surface area contributed by atoms with E-state index in [9.17, 15) is 9.18 Å². The average molecular weight is 282 g/mol. The summed E-state index contributed by atoms with van der Waals surface area (Å²) >= 11 is 0. The molecule has 4 heteroatoms. The number of halogens is 1. The van der Waals surface area contributed by atoms with Crippen LogP contribution in [0.4, 0.5) is 15.8 Å². The Morgan fingerprint density at radius 1 is 1.10 bits per heavy atom. The molecule has 0 unspecified atom stereocenters. The van der Waals surface area contributed by atoms with Gasteiger partial charge in [-0.3, -0.25) is 4.79 Å². The molecule has 0 aromatic heterocycles. The van der Waals surface area contributed by atoms with Crippen LogP contribution in [-0.4, -0.2) is 20.0 Å². The largest absolute Gasteiger partial charge is 0.378 e. The number of hydrogen-bond donors (Lipinski definition) is 1. The Bertz CT molecular complexity index is 733. The van der Waals surface area contributed by atoms with Gasteiger partial charge in [-0.2, -0.15) is 0 Å². The molecule has 3 nitrogen and oxygen atoms in total. The summed E-state index contributed by atoms with van der Waals surface area (Å²) in [6.45, 7) is 0. The van der Waals surface area contributed by atoms with Crippen molar-refractivity contribution in [3.05, 3.63) is 59.4 Å². The molecule has 106 valence electrons. The quantitative estimate of drug-likeness (QED) is 0.856. The van der Waals surface area contributed by atoms with Crippen molar-refractivity contribution >= 4 is 28.9 Å². The van der Waals surface area contributed by atoms with E-state index in [0.29, 0.717) is 11.3 Å². The van der Waals surface area contributed by atoms with Crippen LogP contribution in [0.15, 0.2) is 42.5 Å². The first-order valence-electron chi connectivity index (χ1n) is 6.65. The van der Waals surface area contributed by atoms with Crippen LogP contribution >= 0.6 is 0 Å². The smallest absolute Gasteiger partial charge is 0.256 e. The first-order chi connectivity index (χ1) is 10.0. The summed E-state index contributed by atoms with van der Waals surface area (Å²) in [4.78, 5) is 14.0. The van der Waals surface area contributed by atoms with Crippen molar-refractivity contribution in [2.24, 2.45) is 0 Å². The third-order valence-corrected chi connectivity index (χ3v) is 3.49. The van der Waals surface area contributed by atoms with Gasteiger partial charge < -0.3 is 10.2 Å². The van der Waals surface area contributed by atoms with Gasteiger partial charge in [0, 0.05) is 30.9 Å². The molecule has 1 aliphatic heterocycles. The zero-order chi connectivity index (χ0) is 15.0. The average Bonchev–Trinajstić information content (AvgIpc) is 2.75.